The first-order valence-electron chi connectivity index (χ1n) is 8.61. The lowest BCUT2D eigenvalue weighted by Gasteiger charge is -2.15. The zero-order chi connectivity index (χ0) is 18.8. The largest absolute Gasteiger partial charge is 0.270 e. The van der Waals surface area contributed by atoms with Gasteiger partial charge in [-0.05, 0) is 28.8 Å². The lowest BCUT2D eigenvalue weighted by Crippen LogP contribution is -2.31. The molecule has 132 valence electrons. The summed E-state index contributed by atoms with van der Waals surface area (Å²) in [6.45, 7) is 0.0299. The zero-order valence-corrected chi connectivity index (χ0v) is 14.4. The van der Waals surface area contributed by atoms with Crippen LogP contribution < -0.4 is 0 Å². The lowest BCUT2D eigenvalue weighted by atomic mass is 9.96. The Morgan fingerprint density at radius 2 is 1.19 bits per heavy atom. The van der Waals surface area contributed by atoms with Crippen molar-refractivity contribution in [1.82, 2.24) is 4.90 Å². The number of hydrogen-bond donors (Lipinski definition) is 0. The van der Waals surface area contributed by atoms with Crippen LogP contribution in [0.4, 0.5) is 4.39 Å². The van der Waals surface area contributed by atoms with Crippen molar-refractivity contribution in [3.8, 4) is 0 Å². The topological polar surface area (TPSA) is 37.4 Å². The second kappa shape index (κ2) is 7.00. The standard InChI is InChI=1S/C23H16FNO2/c24-19-13-7-8-16(14-19)15-25-22(26)20(17-9-3-1-4-10-17)21(23(25)27)18-11-5-2-6-12-18/h1-14H,15H2. The quantitative estimate of drug-likeness (QED) is 0.653. The molecule has 3 nitrogen and oxygen atoms in total. The highest BCUT2D eigenvalue weighted by molar-refractivity contribution is 6.48. The number of amides is 2. The Morgan fingerprint density at radius 3 is 1.67 bits per heavy atom. The van der Waals surface area contributed by atoms with Crippen molar-refractivity contribution in [3.05, 3.63) is 107 Å². The second-order valence-electron chi connectivity index (χ2n) is 6.31. The number of nitrogens with zero attached hydrogens (tertiary/aromatic N) is 1. The third-order valence-corrected chi connectivity index (χ3v) is 4.52. The summed E-state index contributed by atoms with van der Waals surface area (Å²) in [4.78, 5) is 27.5. The van der Waals surface area contributed by atoms with E-state index in [1.54, 1.807) is 12.1 Å². The molecular formula is C23H16FNO2. The minimum atomic E-state index is -0.397. The zero-order valence-electron chi connectivity index (χ0n) is 14.4. The number of benzene rings is 3. The van der Waals surface area contributed by atoms with E-state index in [4.69, 9.17) is 0 Å². The van der Waals surface area contributed by atoms with E-state index in [2.05, 4.69) is 0 Å². The Kier molecular flexibility index (Phi) is 4.38. The van der Waals surface area contributed by atoms with Gasteiger partial charge in [0.05, 0.1) is 17.7 Å². The fraction of sp³-hybridized carbons (Fsp3) is 0.0435. The fourth-order valence-electron chi connectivity index (χ4n) is 3.28. The minimum absolute atomic E-state index is 0.0299. The highest BCUT2D eigenvalue weighted by Gasteiger charge is 2.39. The van der Waals surface area contributed by atoms with E-state index in [1.807, 2.05) is 60.7 Å². The molecule has 1 heterocycles. The molecule has 0 aliphatic carbocycles. The van der Waals surface area contributed by atoms with Crippen LogP contribution in [0.25, 0.3) is 11.1 Å². The summed E-state index contributed by atoms with van der Waals surface area (Å²) in [5.74, 6) is -1.13. The number of rotatable bonds is 4. The monoisotopic (exact) mass is 357 g/mol. The Morgan fingerprint density at radius 1 is 0.667 bits per heavy atom. The van der Waals surface area contributed by atoms with Crippen LogP contribution in [-0.2, 0) is 16.1 Å². The van der Waals surface area contributed by atoms with Crippen LogP contribution in [0.2, 0.25) is 0 Å². The Labute approximate surface area is 156 Å². The summed E-state index contributed by atoms with van der Waals surface area (Å²) in [5, 5.41) is 0. The normalized spacial score (nSPS) is 14.2. The third kappa shape index (κ3) is 3.17. The molecule has 0 atom stereocenters. The number of carbonyl (C=O) groups is 2. The van der Waals surface area contributed by atoms with Crippen molar-refractivity contribution < 1.29 is 14.0 Å². The van der Waals surface area contributed by atoms with Crippen LogP contribution in [0, 0.1) is 5.82 Å². The number of halogens is 1. The molecule has 1 aliphatic rings. The average molecular weight is 357 g/mol. The van der Waals surface area contributed by atoms with Crippen molar-refractivity contribution >= 4 is 23.0 Å². The first kappa shape index (κ1) is 16.9. The van der Waals surface area contributed by atoms with Gasteiger partial charge in [0, 0.05) is 0 Å². The molecule has 0 aromatic heterocycles. The summed E-state index contributed by atoms with van der Waals surface area (Å²) in [7, 11) is 0. The van der Waals surface area contributed by atoms with E-state index >= 15 is 0 Å². The van der Waals surface area contributed by atoms with E-state index in [1.165, 1.54) is 17.0 Å². The van der Waals surface area contributed by atoms with Crippen LogP contribution in [0.3, 0.4) is 0 Å². The van der Waals surface area contributed by atoms with Crippen molar-refractivity contribution in [3.63, 3.8) is 0 Å². The summed E-state index contributed by atoms with van der Waals surface area (Å²) >= 11 is 0. The number of hydrogen-bond acceptors (Lipinski definition) is 2. The molecule has 1 aliphatic heterocycles. The molecule has 0 unspecified atom stereocenters. The predicted octanol–water partition coefficient (Wildman–Crippen LogP) is 4.31. The Hall–Kier alpha value is -3.53. The van der Waals surface area contributed by atoms with Gasteiger partial charge in [0.15, 0.2) is 0 Å². The molecule has 4 heteroatoms. The maximum atomic E-state index is 13.5. The molecule has 0 saturated carbocycles. The van der Waals surface area contributed by atoms with Crippen LogP contribution in [0.5, 0.6) is 0 Å². The first-order chi connectivity index (χ1) is 13.1. The van der Waals surface area contributed by atoms with Gasteiger partial charge in [-0.15, -0.1) is 0 Å². The molecule has 0 fully saturated rings. The summed E-state index contributed by atoms with van der Waals surface area (Å²) in [5.41, 5.74) is 2.71. The summed E-state index contributed by atoms with van der Waals surface area (Å²) < 4.78 is 13.5. The van der Waals surface area contributed by atoms with E-state index in [0.717, 1.165) is 0 Å². The third-order valence-electron chi connectivity index (χ3n) is 4.52. The van der Waals surface area contributed by atoms with Crippen molar-refractivity contribution in [2.24, 2.45) is 0 Å². The van der Waals surface area contributed by atoms with E-state index in [-0.39, 0.29) is 18.4 Å². The summed E-state index contributed by atoms with van der Waals surface area (Å²) in [6, 6.07) is 24.2. The van der Waals surface area contributed by atoms with E-state index in [0.29, 0.717) is 27.8 Å². The maximum absolute atomic E-state index is 13.5. The molecule has 0 N–H and O–H groups in total. The number of imide groups is 1. The Balaban J connectivity index is 1.80. The SMILES string of the molecule is O=C1C(c2ccccc2)=C(c2ccccc2)C(=O)N1Cc1cccc(F)c1. The van der Waals surface area contributed by atoms with Gasteiger partial charge in [-0.3, -0.25) is 14.5 Å². The van der Waals surface area contributed by atoms with Gasteiger partial charge in [-0.25, -0.2) is 4.39 Å². The highest BCUT2D eigenvalue weighted by atomic mass is 19.1. The van der Waals surface area contributed by atoms with Gasteiger partial charge < -0.3 is 0 Å². The molecule has 2 amide bonds. The minimum Gasteiger partial charge on any atom is -0.270 e. The van der Waals surface area contributed by atoms with Crippen LogP contribution >= 0.6 is 0 Å². The molecule has 3 aromatic rings. The molecule has 27 heavy (non-hydrogen) atoms. The van der Waals surface area contributed by atoms with Gasteiger partial charge >= 0.3 is 0 Å². The van der Waals surface area contributed by atoms with Crippen molar-refractivity contribution in [2.45, 2.75) is 6.54 Å². The van der Waals surface area contributed by atoms with Crippen LogP contribution in [-0.4, -0.2) is 16.7 Å². The molecule has 4 rings (SSSR count). The molecule has 0 bridgehead atoms. The van der Waals surface area contributed by atoms with E-state index < -0.39 is 5.82 Å². The predicted molar refractivity (Wildman–Crippen MR) is 102 cm³/mol. The smallest absolute Gasteiger partial charge is 0.262 e. The lowest BCUT2D eigenvalue weighted by molar-refractivity contribution is -0.136. The number of carbonyl (C=O) groups excluding carboxylic acids is 2. The fourth-order valence-corrected chi connectivity index (χ4v) is 3.28. The van der Waals surface area contributed by atoms with Crippen molar-refractivity contribution in [2.75, 3.05) is 0 Å². The molecule has 3 aromatic carbocycles. The van der Waals surface area contributed by atoms with Crippen LogP contribution in [0.1, 0.15) is 16.7 Å². The van der Waals surface area contributed by atoms with Gasteiger partial charge in [0.25, 0.3) is 11.8 Å². The maximum Gasteiger partial charge on any atom is 0.262 e. The molecule has 0 spiro atoms. The Bertz CT molecular complexity index is 981. The van der Waals surface area contributed by atoms with Gasteiger partial charge in [0.1, 0.15) is 5.82 Å². The summed E-state index contributed by atoms with van der Waals surface area (Å²) in [6.07, 6.45) is 0. The van der Waals surface area contributed by atoms with Gasteiger partial charge in [0.2, 0.25) is 0 Å². The average Bonchev–Trinajstić information content (AvgIpc) is 2.94. The highest BCUT2D eigenvalue weighted by Crippen LogP contribution is 2.36. The second-order valence-corrected chi connectivity index (χ2v) is 6.31. The van der Waals surface area contributed by atoms with E-state index in [9.17, 15) is 14.0 Å². The van der Waals surface area contributed by atoms with Gasteiger partial charge in [-0.2, -0.15) is 0 Å². The molecular weight excluding hydrogens is 341 g/mol. The van der Waals surface area contributed by atoms with Crippen LogP contribution in [0.15, 0.2) is 84.9 Å². The molecule has 0 radical (unpaired) electrons. The molecule has 0 saturated heterocycles. The van der Waals surface area contributed by atoms with Crippen molar-refractivity contribution in [1.29, 1.82) is 0 Å². The first-order valence-corrected chi connectivity index (χ1v) is 8.61. The van der Waals surface area contributed by atoms with Gasteiger partial charge in [-0.1, -0.05) is 72.8 Å².